The number of hydrogen-bond acceptors (Lipinski definition) is 4. The second kappa shape index (κ2) is 8.21. The molecular formula is C24H23Cl2N5O3. The Morgan fingerprint density at radius 1 is 1.18 bits per heavy atom. The summed E-state index contributed by atoms with van der Waals surface area (Å²) in [7, 11) is 3.34. The summed E-state index contributed by atoms with van der Waals surface area (Å²) in [6.45, 7) is 4.69. The van der Waals surface area contributed by atoms with Gasteiger partial charge in [0.15, 0.2) is 0 Å². The van der Waals surface area contributed by atoms with Gasteiger partial charge in [-0.1, -0.05) is 23.2 Å². The summed E-state index contributed by atoms with van der Waals surface area (Å²) in [6.07, 6.45) is 3.58. The quantitative estimate of drug-likeness (QED) is 0.453. The Bertz CT molecular complexity index is 1510. The summed E-state index contributed by atoms with van der Waals surface area (Å²) in [6, 6.07) is 3.67. The molecule has 0 radical (unpaired) electrons. The van der Waals surface area contributed by atoms with E-state index in [2.05, 4.69) is 10.1 Å². The van der Waals surface area contributed by atoms with Crippen LogP contribution in [0.2, 0.25) is 10.0 Å². The number of nitrogens with zero attached hydrogens (tertiary/aromatic N) is 4. The molecule has 34 heavy (non-hydrogen) atoms. The monoisotopic (exact) mass is 499 g/mol. The summed E-state index contributed by atoms with van der Waals surface area (Å²) in [5.41, 5.74) is 4.26. The van der Waals surface area contributed by atoms with E-state index in [1.54, 1.807) is 28.8 Å². The number of hydrogen-bond donors (Lipinski definition) is 1. The topological polar surface area (TPSA) is 85.2 Å². The molecule has 1 aliphatic heterocycles. The molecule has 5 rings (SSSR count). The third-order valence-electron chi connectivity index (χ3n) is 6.34. The zero-order chi connectivity index (χ0) is 24.3. The molecule has 0 atom stereocenters. The van der Waals surface area contributed by atoms with E-state index < -0.39 is 0 Å². The van der Waals surface area contributed by atoms with Gasteiger partial charge in [0.2, 0.25) is 0 Å². The van der Waals surface area contributed by atoms with Crippen LogP contribution in [-0.2, 0) is 20.1 Å². The van der Waals surface area contributed by atoms with Crippen LogP contribution in [0.5, 0.6) is 5.75 Å². The zero-order valence-electron chi connectivity index (χ0n) is 19.2. The minimum Gasteiger partial charge on any atom is -0.496 e. The third kappa shape index (κ3) is 3.40. The van der Waals surface area contributed by atoms with Gasteiger partial charge in [-0.25, -0.2) is 0 Å². The Hall–Kier alpha value is -3.23. The smallest absolute Gasteiger partial charge is 0.257 e. The lowest BCUT2D eigenvalue weighted by Gasteiger charge is -2.22. The molecule has 0 bridgehead atoms. The van der Waals surface area contributed by atoms with Gasteiger partial charge in [-0.15, -0.1) is 0 Å². The van der Waals surface area contributed by atoms with E-state index in [9.17, 15) is 9.59 Å². The summed E-state index contributed by atoms with van der Waals surface area (Å²) >= 11 is 13.5. The molecule has 1 N–H and O–H groups in total. The van der Waals surface area contributed by atoms with E-state index in [0.717, 1.165) is 16.6 Å². The number of aromatic nitrogens is 4. The average molecular weight is 500 g/mol. The van der Waals surface area contributed by atoms with Gasteiger partial charge in [0.1, 0.15) is 5.75 Å². The Morgan fingerprint density at radius 2 is 1.94 bits per heavy atom. The Balaban J connectivity index is 1.70. The molecule has 4 aromatic rings. The zero-order valence-corrected chi connectivity index (χ0v) is 20.7. The first kappa shape index (κ1) is 22.6. The van der Waals surface area contributed by atoms with Crippen molar-refractivity contribution in [2.75, 3.05) is 13.7 Å². The second-order valence-electron chi connectivity index (χ2n) is 8.53. The maximum atomic E-state index is 13.9. The van der Waals surface area contributed by atoms with E-state index in [0.29, 0.717) is 56.8 Å². The standard InChI is InChI=1S/C24H23Cl2N5O3/c1-12-9-27-29(3)21(12)15-8-14-17(25)11-30-5-6-31(24(33)19(20(15)26)22(14)30)10-16-18(34-4)7-13(2)28-23(16)32/h7-9,11H,5-6,10H2,1-4H3,(H,28,32). The number of methoxy groups -OCH3 is 1. The Morgan fingerprint density at radius 3 is 2.62 bits per heavy atom. The fraction of sp³-hybridized carbons (Fsp3) is 0.292. The second-order valence-corrected chi connectivity index (χ2v) is 9.32. The SMILES string of the molecule is COc1cc(C)[nH]c(=O)c1CN1CCn2cc(Cl)c3cc(-c4c(C)cnn4C)c(Cl)c(c32)C1=O. The van der Waals surface area contributed by atoms with Gasteiger partial charge < -0.3 is 19.2 Å². The van der Waals surface area contributed by atoms with Gasteiger partial charge in [0, 0.05) is 43.0 Å². The molecule has 0 aliphatic carbocycles. The molecule has 4 heterocycles. The van der Waals surface area contributed by atoms with Gasteiger partial charge in [-0.2, -0.15) is 5.10 Å². The maximum absolute atomic E-state index is 13.9. The fourth-order valence-corrected chi connectivity index (χ4v) is 5.30. The van der Waals surface area contributed by atoms with E-state index in [1.165, 1.54) is 7.11 Å². The molecule has 1 aliphatic rings. The average Bonchev–Trinajstić information content (AvgIpc) is 3.24. The number of benzene rings is 1. The number of amides is 1. The van der Waals surface area contributed by atoms with Crippen molar-refractivity contribution in [2.45, 2.75) is 26.9 Å². The fourth-order valence-electron chi connectivity index (χ4n) is 4.73. The van der Waals surface area contributed by atoms with E-state index >= 15 is 0 Å². The molecule has 8 nitrogen and oxygen atoms in total. The first-order valence-electron chi connectivity index (χ1n) is 10.8. The number of pyridine rings is 1. The van der Waals surface area contributed by atoms with Crippen molar-refractivity contribution < 1.29 is 9.53 Å². The molecular weight excluding hydrogens is 477 g/mol. The van der Waals surface area contributed by atoms with Crippen LogP contribution in [0.25, 0.3) is 22.2 Å². The highest BCUT2D eigenvalue weighted by atomic mass is 35.5. The van der Waals surface area contributed by atoms with Crippen molar-refractivity contribution in [2.24, 2.45) is 7.05 Å². The lowest BCUT2D eigenvalue weighted by Crippen LogP contribution is -2.34. The molecule has 0 fully saturated rings. The largest absolute Gasteiger partial charge is 0.496 e. The highest BCUT2D eigenvalue weighted by Gasteiger charge is 2.31. The van der Waals surface area contributed by atoms with Crippen LogP contribution in [0.15, 0.2) is 29.3 Å². The maximum Gasteiger partial charge on any atom is 0.257 e. The molecule has 0 spiro atoms. The minimum absolute atomic E-state index is 0.0863. The van der Waals surface area contributed by atoms with Crippen LogP contribution >= 0.6 is 23.2 Å². The third-order valence-corrected chi connectivity index (χ3v) is 7.03. The van der Waals surface area contributed by atoms with E-state index in [-0.39, 0.29) is 18.0 Å². The first-order chi connectivity index (χ1) is 16.2. The van der Waals surface area contributed by atoms with Crippen molar-refractivity contribution in [3.63, 3.8) is 0 Å². The number of carbonyl (C=O) groups excluding carboxylic acids is 1. The van der Waals surface area contributed by atoms with Crippen molar-refractivity contribution in [3.8, 4) is 17.0 Å². The number of aryl methyl sites for hydroxylation is 3. The molecule has 3 aromatic heterocycles. The van der Waals surface area contributed by atoms with Crippen LogP contribution in [-0.4, -0.2) is 43.8 Å². The predicted octanol–water partition coefficient (Wildman–Crippen LogP) is 4.32. The van der Waals surface area contributed by atoms with Gasteiger partial charge in [-0.3, -0.25) is 14.3 Å². The normalized spacial score (nSPS) is 13.6. The number of rotatable bonds is 4. The summed E-state index contributed by atoms with van der Waals surface area (Å²) in [5.74, 6) is 0.170. The highest BCUT2D eigenvalue weighted by Crippen LogP contribution is 2.42. The molecule has 1 amide bonds. The summed E-state index contributed by atoms with van der Waals surface area (Å²) in [4.78, 5) is 31.1. The van der Waals surface area contributed by atoms with Crippen LogP contribution < -0.4 is 10.3 Å². The lowest BCUT2D eigenvalue weighted by molar-refractivity contribution is 0.0744. The van der Waals surface area contributed by atoms with Crippen molar-refractivity contribution >= 4 is 40.0 Å². The number of halogens is 2. The molecule has 0 saturated carbocycles. The van der Waals surface area contributed by atoms with E-state index in [4.69, 9.17) is 27.9 Å². The molecule has 1 aromatic carbocycles. The molecule has 0 saturated heterocycles. The van der Waals surface area contributed by atoms with Gasteiger partial charge >= 0.3 is 0 Å². The first-order valence-corrected chi connectivity index (χ1v) is 11.5. The molecule has 10 heteroatoms. The number of carbonyl (C=O) groups is 1. The number of ether oxygens (including phenoxy) is 1. The summed E-state index contributed by atoms with van der Waals surface area (Å²) in [5, 5.41) is 5.95. The van der Waals surface area contributed by atoms with Crippen molar-refractivity contribution in [1.82, 2.24) is 24.2 Å². The van der Waals surface area contributed by atoms with Gasteiger partial charge in [0.25, 0.3) is 11.5 Å². The van der Waals surface area contributed by atoms with Crippen LogP contribution in [0.3, 0.4) is 0 Å². The predicted molar refractivity (Wildman–Crippen MR) is 132 cm³/mol. The minimum atomic E-state index is -0.285. The molecule has 0 unspecified atom stereocenters. The number of aromatic amines is 1. The van der Waals surface area contributed by atoms with Crippen LogP contribution in [0.4, 0.5) is 0 Å². The lowest BCUT2D eigenvalue weighted by atomic mass is 10.0. The number of nitrogens with one attached hydrogen (secondary N) is 1. The number of H-pyrrole nitrogens is 1. The Kier molecular flexibility index (Phi) is 5.45. The van der Waals surface area contributed by atoms with Crippen molar-refractivity contribution in [3.05, 3.63) is 67.3 Å². The van der Waals surface area contributed by atoms with Crippen LogP contribution in [0.1, 0.15) is 27.2 Å². The Labute approximate surface area is 205 Å². The van der Waals surface area contributed by atoms with Gasteiger partial charge in [0.05, 0.1) is 52.2 Å². The van der Waals surface area contributed by atoms with Crippen molar-refractivity contribution in [1.29, 1.82) is 0 Å². The highest BCUT2D eigenvalue weighted by molar-refractivity contribution is 6.41. The molecule has 176 valence electrons. The van der Waals surface area contributed by atoms with Crippen LogP contribution in [0, 0.1) is 13.8 Å². The summed E-state index contributed by atoms with van der Waals surface area (Å²) < 4.78 is 9.12. The van der Waals surface area contributed by atoms with E-state index in [1.807, 2.05) is 30.8 Å². The van der Waals surface area contributed by atoms with Gasteiger partial charge in [-0.05, 0) is 31.5 Å².